The van der Waals surface area contributed by atoms with Crippen LogP contribution in [0.1, 0.15) is 5.76 Å². The Morgan fingerprint density at radius 1 is 0.958 bits per heavy atom. The Balaban J connectivity index is 1.58. The number of carbonyl (C=O) groups excluding carboxylic acids is 1. The lowest BCUT2D eigenvalue weighted by Crippen LogP contribution is -2.36. The second-order valence-electron chi connectivity index (χ2n) is 5.45. The number of nitrogens with zero attached hydrogens (tertiary/aromatic N) is 1. The average Bonchev–Trinajstić information content (AvgIpc) is 3.13. The Labute approximate surface area is 144 Å². The molecule has 120 valence electrons. The van der Waals surface area contributed by atoms with Gasteiger partial charge < -0.3 is 9.73 Å². The third-order valence-corrected chi connectivity index (χ3v) is 4.97. The summed E-state index contributed by atoms with van der Waals surface area (Å²) in [6.45, 7) is 0.776. The van der Waals surface area contributed by atoms with E-state index in [1.165, 1.54) is 0 Å². The third-order valence-electron chi connectivity index (χ3n) is 3.84. The number of nitrogens with one attached hydrogen (secondary N) is 1. The van der Waals surface area contributed by atoms with E-state index in [1.54, 1.807) is 22.9 Å². The van der Waals surface area contributed by atoms with Gasteiger partial charge in [0.15, 0.2) is 0 Å². The Hall–Kier alpha value is -2.50. The van der Waals surface area contributed by atoms with Gasteiger partial charge in [-0.05, 0) is 36.4 Å². The molecule has 0 atom stereocenters. The van der Waals surface area contributed by atoms with Crippen LogP contribution in [0.15, 0.2) is 81.1 Å². The van der Waals surface area contributed by atoms with Crippen molar-refractivity contribution in [3.63, 3.8) is 0 Å². The van der Waals surface area contributed by atoms with Crippen molar-refractivity contribution in [2.75, 3.05) is 11.4 Å². The monoisotopic (exact) mass is 336 g/mol. The van der Waals surface area contributed by atoms with E-state index >= 15 is 0 Å². The molecular formula is C19H16N2O2S. The number of hydrogen-bond acceptors (Lipinski definition) is 4. The van der Waals surface area contributed by atoms with E-state index in [-0.39, 0.29) is 12.5 Å². The van der Waals surface area contributed by atoms with Crippen molar-refractivity contribution in [1.29, 1.82) is 0 Å². The van der Waals surface area contributed by atoms with Crippen molar-refractivity contribution >= 4 is 29.0 Å². The van der Waals surface area contributed by atoms with Gasteiger partial charge in [-0.1, -0.05) is 36.0 Å². The van der Waals surface area contributed by atoms with Crippen LogP contribution in [0.25, 0.3) is 0 Å². The molecule has 0 saturated carbocycles. The van der Waals surface area contributed by atoms with Crippen molar-refractivity contribution in [2.45, 2.75) is 16.3 Å². The molecule has 0 unspecified atom stereocenters. The van der Waals surface area contributed by atoms with Crippen molar-refractivity contribution < 1.29 is 9.21 Å². The summed E-state index contributed by atoms with van der Waals surface area (Å²) >= 11 is 1.70. The first-order valence-corrected chi connectivity index (χ1v) is 8.56. The van der Waals surface area contributed by atoms with Gasteiger partial charge in [-0.25, -0.2) is 0 Å². The molecule has 4 nitrogen and oxygen atoms in total. The zero-order valence-corrected chi connectivity index (χ0v) is 13.8. The van der Waals surface area contributed by atoms with Crippen LogP contribution in [0.2, 0.25) is 0 Å². The van der Waals surface area contributed by atoms with Crippen LogP contribution in [-0.4, -0.2) is 12.5 Å². The number of fused-ring (bicyclic) bond motifs is 2. The molecule has 3 aromatic rings. The summed E-state index contributed by atoms with van der Waals surface area (Å²) in [4.78, 5) is 16.9. The van der Waals surface area contributed by atoms with Crippen LogP contribution in [0, 0.1) is 0 Å². The molecule has 0 fully saturated rings. The SMILES string of the molecule is O=C(CNCc1ccco1)N1c2ccccc2Sc2ccccc21. The predicted octanol–water partition coefficient (Wildman–Crippen LogP) is 4.20. The number of hydrogen-bond donors (Lipinski definition) is 1. The Morgan fingerprint density at radius 3 is 2.25 bits per heavy atom. The zero-order chi connectivity index (χ0) is 16.4. The number of para-hydroxylation sites is 2. The van der Waals surface area contributed by atoms with E-state index in [2.05, 4.69) is 5.32 Å². The van der Waals surface area contributed by atoms with Crippen molar-refractivity contribution in [2.24, 2.45) is 0 Å². The highest BCUT2D eigenvalue weighted by Crippen LogP contribution is 2.47. The molecule has 5 heteroatoms. The second-order valence-corrected chi connectivity index (χ2v) is 6.53. The second kappa shape index (κ2) is 6.55. The van der Waals surface area contributed by atoms with Crippen LogP contribution >= 0.6 is 11.8 Å². The number of anilines is 2. The standard InChI is InChI=1S/C19H16N2O2S/c22-19(13-20-12-14-6-5-11-23-14)21-15-7-1-3-9-17(15)24-18-10-4-2-8-16(18)21/h1-11,20H,12-13H2. The van der Waals surface area contributed by atoms with Crippen LogP contribution in [0.3, 0.4) is 0 Å². The first-order valence-electron chi connectivity index (χ1n) is 7.75. The maximum absolute atomic E-state index is 12.9. The summed E-state index contributed by atoms with van der Waals surface area (Å²) in [6, 6.07) is 19.7. The van der Waals surface area contributed by atoms with E-state index in [1.807, 2.05) is 60.7 Å². The lowest BCUT2D eigenvalue weighted by atomic mass is 10.2. The van der Waals surface area contributed by atoms with Crippen molar-refractivity contribution in [3.8, 4) is 0 Å². The number of rotatable bonds is 4. The fraction of sp³-hybridized carbons (Fsp3) is 0.105. The van der Waals surface area contributed by atoms with E-state index in [9.17, 15) is 4.79 Å². The quantitative estimate of drug-likeness (QED) is 0.776. The van der Waals surface area contributed by atoms with E-state index in [0.717, 1.165) is 26.9 Å². The Morgan fingerprint density at radius 2 is 1.62 bits per heavy atom. The van der Waals surface area contributed by atoms with Gasteiger partial charge in [-0.15, -0.1) is 0 Å². The highest BCUT2D eigenvalue weighted by Gasteiger charge is 2.27. The molecule has 1 aliphatic heterocycles. The molecule has 4 rings (SSSR count). The minimum atomic E-state index is 0.0155. The molecule has 1 amide bonds. The van der Waals surface area contributed by atoms with Crippen LogP contribution in [0.4, 0.5) is 11.4 Å². The maximum Gasteiger partial charge on any atom is 0.245 e. The van der Waals surface area contributed by atoms with Crippen LogP contribution in [0.5, 0.6) is 0 Å². The van der Waals surface area contributed by atoms with E-state index < -0.39 is 0 Å². The van der Waals surface area contributed by atoms with Crippen molar-refractivity contribution in [1.82, 2.24) is 5.32 Å². The fourth-order valence-electron chi connectivity index (χ4n) is 2.76. The van der Waals surface area contributed by atoms with E-state index in [4.69, 9.17) is 4.42 Å². The number of carbonyl (C=O) groups is 1. The summed E-state index contributed by atoms with van der Waals surface area (Å²) in [6.07, 6.45) is 1.63. The summed E-state index contributed by atoms with van der Waals surface area (Å²) in [7, 11) is 0. The van der Waals surface area contributed by atoms with Crippen LogP contribution in [-0.2, 0) is 11.3 Å². The third kappa shape index (κ3) is 2.84. The minimum absolute atomic E-state index is 0.0155. The molecule has 0 radical (unpaired) electrons. The van der Waals surface area contributed by atoms with Gasteiger partial charge in [0.25, 0.3) is 0 Å². The number of furan rings is 1. The molecule has 1 aliphatic rings. The lowest BCUT2D eigenvalue weighted by Gasteiger charge is -2.31. The molecule has 0 saturated heterocycles. The minimum Gasteiger partial charge on any atom is -0.468 e. The summed E-state index contributed by atoms with van der Waals surface area (Å²) < 4.78 is 5.28. The van der Waals surface area contributed by atoms with Crippen molar-refractivity contribution in [3.05, 3.63) is 72.7 Å². The maximum atomic E-state index is 12.9. The van der Waals surface area contributed by atoms with Gasteiger partial charge in [0, 0.05) is 9.79 Å². The van der Waals surface area contributed by atoms with Gasteiger partial charge in [-0.3, -0.25) is 9.69 Å². The Kier molecular flexibility index (Phi) is 4.11. The molecule has 1 N–H and O–H groups in total. The highest BCUT2D eigenvalue weighted by molar-refractivity contribution is 7.99. The molecule has 1 aromatic heterocycles. The first-order chi connectivity index (χ1) is 11.8. The van der Waals surface area contributed by atoms with Gasteiger partial charge in [0.1, 0.15) is 5.76 Å². The van der Waals surface area contributed by atoms with E-state index in [0.29, 0.717) is 6.54 Å². The summed E-state index contributed by atoms with van der Waals surface area (Å²) in [5, 5.41) is 3.15. The molecule has 0 aliphatic carbocycles. The molecule has 2 heterocycles. The van der Waals surface area contributed by atoms with Gasteiger partial charge in [0.2, 0.25) is 5.91 Å². The smallest absolute Gasteiger partial charge is 0.245 e. The average molecular weight is 336 g/mol. The van der Waals surface area contributed by atoms with Crippen LogP contribution < -0.4 is 10.2 Å². The predicted molar refractivity (Wildman–Crippen MR) is 94.6 cm³/mol. The topological polar surface area (TPSA) is 45.5 Å². The largest absolute Gasteiger partial charge is 0.468 e. The van der Waals surface area contributed by atoms with Gasteiger partial charge in [-0.2, -0.15) is 0 Å². The Bertz CT molecular complexity index is 816. The lowest BCUT2D eigenvalue weighted by molar-refractivity contribution is -0.117. The fourth-order valence-corrected chi connectivity index (χ4v) is 3.82. The number of amides is 1. The summed E-state index contributed by atoms with van der Waals surface area (Å²) in [5.41, 5.74) is 1.87. The summed E-state index contributed by atoms with van der Waals surface area (Å²) in [5.74, 6) is 0.833. The zero-order valence-electron chi connectivity index (χ0n) is 12.9. The molecule has 0 bridgehead atoms. The number of benzene rings is 2. The normalized spacial score (nSPS) is 12.6. The highest BCUT2D eigenvalue weighted by atomic mass is 32.2. The molecular weight excluding hydrogens is 320 g/mol. The first kappa shape index (κ1) is 15.1. The molecule has 24 heavy (non-hydrogen) atoms. The van der Waals surface area contributed by atoms with Gasteiger partial charge in [0.05, 0.1) is 30.7 Å². The molecule has 2 aromatic carbocycles. The molecule has 0 spiro atoms. The van der Waals surface area contributed by atoms with Gasteiger partial charge >= 0.3 is 0 Å².